The maximum Gasteiger partial charge on any atom is 0.339 e. The monoisotopic (exact) mass is 266 g/mol. The Kier molecular flexibility index (Phi) is 3.55. The maximum absolute atomic E-state index is 12.3. The van der Waals surface area contributed by atoms with Gasteiger partial charge in [0.05, 0.1) is 0 Å². The van der Waals surface area contributed by atoms with Gasteiger partial charge in [0.15, 0.2) is 0 Å². The summed E-state index contributed by atoms with van der Waals surface area (Å²) >= 11 is 0. The SMILES string of the molecule is CC1=C(C(=O)Oc2cccc3ccccc23)CCCC1. The van der Waals surface area contributed by atoms with Crippen molar-refractivity contribution in [1.29, 1.82) is 0 Å². The molecule has 2 aromatic carbocycles. The molecule has 0 unspecified atom stereocenters. The fraction of sp³-hybridized carbons (Fsp3) is 0.278. The number of allylic oxidation sites excluding steroid dienone is 1. The topological polar surface area (TPSA) is 26.3 Å². The molecule has 2 nitrogen and oxygen atoms in total. The van der Waals surface area contributed by atoms with E-state index in [9.17, 15) is 4.79 Å². The largest absolute Gasteiger partial charge is 0.423 e. The molecular weight excluding hydrogens is 248 g/mol. The molecule has 0 spiro atoms. The lowest BCUT2D eigenvalue weighted by Gasteiger charge is -2.16. The van der Waals surface area contributed by atoms with E-state index >= 15 is 0 Å². The molecule has 0 radical (unpaired) electrons. The van der Waals surface area contributed by atoms with Gasteiger partial charge < -0.3 is 4.74 Å². The average Bonchev–Trinajstić information content (AvgIpc) is 2.48. The summed E-state index contributed by atoms with van der Waals surface area (Å²) in [7, 11) is 0. The van der Waals surface area contributed by atoms with E-state index in [0.29, 0.717) is 5.75 Å². The second-order valence-corrected chi connectivity index (χ2v) is 5.33. The smallest absolute Gasteiger partial charge is 0.339 e. The summed E-state index contributed by atoms with van der Waals surface area (Å²) in [5, 5.41) is 2.07. The second kappa shape index (κ2) is 5.49. The summed E-state index contributed by atoms with van der Waals surface area (Å²) in [6.45, 7) is 2.04. The zero-order chi connectivity index (χ0) is 13.9. The van der Waals surface area contributed by atoms with Crippen molar-refractivity contribution in [3.63, 3.8) is 0 Å². The standard InChI is InChI=1S/C18H18O2/c1-13-7-2-4-10-15(13)18(19)20-17-12-6-9-14-8-3-5-11-16(14)17/h3,5-6,8-9,11-12H,2,4,7,10H2,1H3. The molecule has 0 amide bonds. The van der Waals surface area contributed by atoms with E-state index in [4.69, 9.17) is 4.74 Å². The van der Waals surface area contributed by atoms with Crippen LogP contribution in [0.4, 0.5) is 0 Å². The first-order valence-electron chi connectivity index (χ1n) is 7.14. The summed E-state index contributed by atoms with van der Waals surface area (Å²) < 4.78 is 5.64. The van der Waals surface area contributed by atoms with Crippen molar-refractivity contribution in [2.24, 2.45) is 0 Å². The van der Waals surface area contributed by atoms with Crippen LogP contribution in [0.3, 0.4) is 0 Å². The van der Waals surface area contributed by atoms with Crippen LogP contribution in [0.2, 0.25) is 0 Å². The van der Waals surface area contributed by atoms with Crippen LogP contribution >= 0.6 is 0 Å². The molecule has 0 heterocycles. The van der Waals surface area contributed by atoms with Crippen molar-refractivity contribution >= 4 is 16.7 Å². The van der Waals surface area contributed by atoms with Gasteiger partial charge in [-0.15, -0.1) is 0 Å². The van der Waals surface area contributed by atoms with E-state index in [1.54, 1.807) is 0 Å². The van der Waals surface area contributed by atoms with Crippen LogP contribution in [0.25, 0.3) is 10.8 Å². The number of ether oxygens (including phenoxy) is 1. The van der Waals surface area contributed by atoms with Crippen LogP contribution in [0.5, 0.6) is 5.75 Å². The summed E-state index contributed by atoms with van der Waals surface area (Å²) in [6.07, 6.45) is 4.11. The Bertz CT molecular complexity index is 677. The fourth-order valence-corrected chi connectivity index (χ4v) is 2.78. The van der Waals surface area contributed by atoms with Gasteiger partial charge in [-0.05, 0) is 44.1 Å². The molecule has 0 aromatic heterocycles. The summed E-state index contributed by atoms with van der Waals surface area (Å²) in [5.74, 6) is 0.470. The number of benzene rings is 2. The van der Waals surface area contributed by atoms with Gasteiger partial charge >= 0.3 is 5.97 Å². The van der Waals surface area contributed by atoms with Crippen LogP contribution in [0, 0.1) is 0 Å². The highest BCUT2D eigenvalue weighted by atomic mass is 16.5. The Morgan fingerprint density at radius 2 is 1.75 bits per heavy atom. The van der Waals surface area contributed by atoms with E-state index in [2.05, 4.69) is 0 Å². The van der Waals surface area contributed by atoms with Gasteiger partial charge in [0.1, 0.15) is 5.75 Å². The van der Waals surface area contributed by atoms with E-state index in [1.165, 1.54) is 12.0 Å². The van der Waals surface area contributed by atoms with Crippen molar-refractivity contribution in [3.8, 4) is 5.75 Å². The highest BCUT2D eigenvalue weighted by molar-refractivity contribution is 5.95. The average molecular weight is 266 g/mol. The van der Waals surface area contributed by atoms with Crippen LogP contribution < -0.4 is 4.74 Å². The molecule has 0 atom stereocenters. The molecule has 0 saturated carbocycles. The number of fused-ring (bicyclic) bond motifs is 1. The Hall–Kier alpha value is -2.09. The Labute approximate surface area is 119 Å². The molecular formula is C18H18O2. The molecule has 0 N–H and O–H groups in total. The van der Waals surface area contributed by atoms with Crippen molar-refractivity contribution in [1.82, 2.24) is 0 Å². The van der Waals surface area contributed by atoms with Crippen LogP contribution in [-0.2, 0) is 4.79 Å². The van der Waals surface area contributed by atoms with E-state index in [0.717, 1.165) is 35.6 Å². The third-order valence-corrected chi connectivity index (χ3v) is 3.94. The van der Waals surface area contributed by atoms with Gasteiger partial charge in [-0.2, -0.15) is 0 Å². The maximum atomic E-state index is 12.3. The first-order chi connectivity index (χ1) is 9.75. The molecule has 0 saturated heterocycles. The van der Waals surface area contributed by atoms with Crippen LogP contribution in [0.1, 0.15) is 32.6 Å². The van der Waals surface area contributed by atoms with Crippen LogP contribution in [-0.4, -0.2) is 5.97 Å². The lowest BCUT2D eigenvalue weighted by molar-refractivity contribution is -0.130. The van der Waals surface area contributed by atoms with Gasteiger partial charge in [0.2, 0.25) is 0 Å². The first-order valence-corrected chi connectivity index (χ1v) is 7.14. The molecule has 2 aromatic rings. The molecule has 1 aliphatic carbocycles. The third kappa shape index (κ3) is 2.46. The molecule has 1 aliphatic rings. The zero-order valence-electron chi connectivity index (χ0n) is 11.7. The zero-order valence-corrected chi connectivity index (χ0v) is 11.7. The number of hydrogen-bond donors (Lipinski definition) is 0. The van der Waals surface area contributed by atoms with Gasteiger partial charge in [-0.25, -0.2) is 4.79 Å². The molecule has 0 fully saturated rings. The number of carbonyl (C=O) groups is 1. The van der Waals surface area contributed by atoms with Crippen molar-refractivity contribution in [2.45, 2.75) is 32.6 Å². The molecule has 0 aliphatic heterocycles. The minimum absolute atomic E-state index is 0.182. The van der Waals surface area contributed by atoms with Gasteiger partial charge in [0, 0.05) is 11.0 Å². The Balaban J connectivity index is 1.92. The lowest BCUT2D eigenvalue weighted by atomic mass is 9.93. The second-order valence-electron chi connectivity index (χ2n) is 5.33. The highest BCUT2D eigenvalue weighted by Gasteiger charge is 2.19. The van der Waals surface area contributed by atoms with Gasteiger partial charge in [-0.3, -0.25) is 0 Å². The Morgan fingerprint density at radius 3 is 2.60 bits per heavy atom. The van der Waals surface area contributed by atoms with Crippen molar-refractivity contribution in [2.75, 3.05) is 0 Å². The molecule has 102 valence electrons. The van der Waals surface area contributed by atoms with Gasteiger partial charge in [-0.1, -0.05) is 42.0 Å². The Morgan fingerprint density at radius 1 is 1.00 bits per heavy atom. The van der Waals surface area contributed by atoms with Gasteiger partial charge in [0.25, 0.3) is 0 Å². The van der Waals surface area contributed by atoms with Crippen LogP contribution in [0.15, 0.2) is 53.6 Å². The highest BCUT2D eigenvalue weighted by Crippen LogP contribution is 2.29. The lowest BCUT2D eigenvalue weighted by Crippen LogP contribution is -2.15. The van der Waals surface area contributed by atoms with E-state index < -0.39 is 0 Å². The summed E-state index contributed by atoms with van der Waals surface area (Å²) in [5.41, 5.74) is 2.05. The number of rotatable bonds is 2. The third-order valence-electron chi connectivity index (χ3n) is 3.94. The molecule has 2 heteroatoms. The first kappa shape index (κ1) is 12.9. The summed E-state index contributed by atoms with van der Waals surface area (Å²) in [4.78, 5) is 12.3. The minimum Gasteiger partial charge on any atom is -0.423 e. The number of carbonyl (C=O) groups excluding carboxylic acids is 1. The molecule has 0 bridgehead atoms. The number of esters is 1. The van der Waals surface area contributed by atoms with Crippen molar-refractivity contribution < 1.29 is 9.53 Å². The fourth-order valence-electron chi connectivity index (χ4n) is 2.78. The van der Waals surface area contributed by atoms with Crippen molar-refractivity contribution in [3.05, 3.63) is 53.6 Å². The normalized spacial score (nSPS) is 15.4. The predicted molar refractivity (Wildman–Crippen MR) is 80.8 cm³/mol. The van der Waals surface area contributed by atoms with E-state index in [1.807, 2.05) is 49.4 Å². The predicted octanol–water partition coefficient (Wildman–Crippen LogP) is 4.64. The molecule has 20 heavy (non-hydrogen) atoms. The number of hydrogen-bond acceptors (Lipinski definition) is 2. The van der Waals surface area contributed by atoms with E-state index in [-0.39, 0.29) is 5.97 Å². The quantitative estimate of drug-likeness (QED) is 0.585. The summed E-state index contributed by atoms with van der Waals surface area (Å²) in [6, 6.07) is 13.8. The molecule has 3 rings (SSSR count). The minimum atomic E-state index is -0.182.